The Morgan fingerprint density at radius 3 is 2.23 bits per heavy atom. The molecule has 0 bridgehead atoms. The third kappa shape index (κ3) is 5.19. The van der Waals surface area contributed by atoms with Crippen LogP contribution in [-0.2, 0) is 14.4 Å². The molecule has 1 unspecified atom stereocenters. The van der Waals surface area contributed by atoms with Gasteiger partial charge in [-0.2, -0.15) is 0 Å². The summed E-state index contributed by atoms with van der Waals surface area (Å²) >= 11 is 0. The van der Waals surface area contributed by atoms with Crippen molar-refractivity contribution in [2.45, 2.75) is 51.1 Å². The Balaban J connectivity index is 2.54. The van der Waals surface area contributed by atoms with E-state index in [0.717, 1.165) is 5.56 Å². The van der Waals surface area contributed by atoms with Gasteiger partial charge in [-0.25, -0.2) is 13.1 Å². The van der Waals surface area contributed by atoms with Crippen LogP contribution < -0.4 is 4.72 Å². The van der Waals surface area contributed by atoms with Gasteiger partial charge in [0.25, 0.3) is 0 Å². The van der Waals surface area contributed by atoms with E-state index in [1.807, 2.05) is 30.3 Å². The molecule has 0 aliphatic carbocycles. The summed E-state index contributed by atoms with van der Waals surface area (Å²) in [6, 6.07) is 9.24. The predicted octanol–water partition coefficient (Wildman–Crippen LogP) is 3.69. The molecule has 1 aromatic carbocycles. The normalized spacial score (nSPS) is 14.8. The van der Waals surface area contributed by atoms with Crippen molar-refractivity contribution in [2.75, 3.05) is 13.2 Å². The van der Waals surface area contributed by atoms with Crippen molar-refractivity contribution >= 4 is 18.3 Å². The standard InChI is InChI=1S/C16H29NO3SSi/c1-14(15-10-8-7-9-11-15)21(18,19)17-12-13-20-22(5,6)16(2,3)4/h7-11,14,17H,12-13H2,1-6H3. The Morgan fingerprint density at radius 2 is 1.73 bits per heavy atom. The first-order chi connectivity index (χ1) is 9.97. The fraction of sp³-hybridized carbons (Fsp3) is 0.625. The van der Waals surface area contributed by atoms with E-state index < -0.39 is 23.6 Å². The molecule has 1 rings (SSSR count). The number of hydrogen-bond donors (Lipinski definition) is 1. The molecule has 1 N–H and O–H groups in total. The minimum absolute atomic E-state index is 0.128. The topological polar surface area (TPSA) is 55.4 Å². The van der Waals surface area contributed by atoms with Crippen LogP contribution in [0.15, 0.2) is 30.3 Å². The largest absolute Gasteiger partial charge is 0.415 e. The quantitative estimate of drug-likeness (QED) is 0.607. The van der Waals surface area contributed by atoms with E-state index in [9.17, 15) is 8.42 Å². The monoisotopic (exact) mass is 343 g/mol. The average Bonchev–Trinajstić information content (AvgIpc) is 2.42. The molecule has 0 spiro atoms. The first-order valence-electron chi connectivity index (χ1n) is 7.65. The van der Waals surface area contributed by atoms with Crippen LogP contribution in [-0.4, -0.2) is 29.9 Å². The molecule has 0 aliphatic rings. The van der Waals surface area contributed by atoms with Crippen molar-refractivity contribution < 1.29 is 12.8 Å². The molecule has 0 aliphatic heterocycles. The van der Waals surface area contributed by atoms with Crippen molar-refractivity contribution in [3.05, 3.63) is 35.9 Å². The van der Waals surface area contributed by atoms with Crippen molar-refractivity contribution in [3.63, 3.8) is 0 Å². The maximum atomic E-state index is 12.3. The van der Waals surface area contributed by atoms with Crippen LogP contribution in [0.3, 0.4) is 0 Å². The Bertz CT molecular complexity index is 565. The molecule has 0 radical (unpaired) electrons. The molecular formula is C16H29NO3SSi. The van der Waals surface area contributed by atoms with E-state index >= 15 is 0 Å². The Labute approximate surface area is 136 Å². The zero-order valence-corrected chi connectivity index (χ0v) is 16.3. The minimum Gasteiger partial charge on any atom is -0.415 e. The lowest BCUT2D eigenvalue weighted by Gasteiger charge is -2.36. The van der Waals surface area contributed by atoms with Gasteiger partial charge in [-0.05, 0) is 30.6 Å². The van der Waals surface area contributed by atoms with Crippen LogP contribution in [0.2, 0.25) is 18.1 Å². The molecule has 0 aromatic heterocycles. The van der Waals surface area contributed by atoms with E-state index in [-0.39, 0.29) is 5.04 Å². The summed E-state index contributed by atoms with van der Waals surface area (Å²) in [5.74, 6) is 0. The summed E-state index contributed by atoms with van der Waals surface area (Å²) in [5.41, 5.74) is 0.792. The average molecular weight is 344 g/mol. The Morgan fingerprint density at radius 1 is 1.18 bits per heavy atom. The lowest BCUT2D eigenvalue weighted by atomic mass is 10.2. The smallest absolute Gasteiger partial charge is 0.218 e. The van der Waals surface area contributed by atoms with Gasteiger partial charge in [0.1, 0.15) is 0 Å². The second kappa shape index (κ2) is 7.25. The molecule has 22 heavy (non-hydrogen) atoms. The molecule has 0 saturated carbocycles. The first-order valence-corrected chi connectivity index (χ1v) is 12.1. The number of benzene rings is 1. The highest BCUT2D eigenvalue weighted by Gasteiger charge is 2.37. The van der Waals surface area contributed by atoms with E-state index in [1.54, 1.807) is 6.92 Å². The van der Waals surface area contributed by atoms with E-state index in [0.29, 0.717) is 13.2 Å². The van der Waals surface area contributed by atoms with Gasteiger partial charge >= 0.3 is 0 Å². The SMILES string of the molecule is CC(c1ccccc1)S(=O)(=O)NCCO[Si](C)(C)C(C)(C)C. The van der Waals surface area contributed by atoms with Crippen LogP contribution in [0.1, 0.15) is 38.5 Å². The Hall–Kier alpha value is -0.693. The maximum absolute atomic E-state index is 12.3. The van der Waals surface area contributed by atoms with E-state index in [4.69, 9.17) is 4.43 Å². The van der Waals surface area contributed by atoms with E-state index in [2.05, 4.69) is 38.6 Å². The van der Waals surface area contributed by atoms with Gasteiger partial charge in [0.2, 0.25) is 10.0 Å². The van der Waals surface area contributed by atoms with Crippen LogP contribution in [0, 0.1) is 0 Å². The lowest BCUT2D eigenvalue weighted by Crippen LogP contribution is -2.43. The summed E-state index contributed by atoms with van der Waals surface area (Å²) in [6.07, 6.45) is 0. The molecule has 0 amide bonds. The van der Waals surface area contributed by atoms with Crippen LogP contribution in [0.4, 0.5) is 0 Å². The predicted molar refractivity (Wildman–Crippen MR) is 94.9 cm³/mol. The minimum atomic E-state index is -3.38. The van der Waals surface area contributed by atoms with Gasteiger partial charge in [-0.3, -0.25) is 0 Å². The van der Waals surface area contributed by atoms with Crippen molar-refractivity contribution in [3.8, 4) is 0 Å². The van der Waals surface area contributed by atoms with Gasteiger partial charge in [-0.15, -0.1) is 0 Å². The number of hydrogen-bond acceptors (Lipinski definition) is 3. The van der Waals surface area contributed by atoms with Crippen molar-refractivity contribution in [2.24, 2.45) is 0 Å². The summed E-state index contributed by atoms with van der Waals surface area (Å²) in [5, 5.41) is -0.440. The molecule has 126 valence electrons. The fourth-order valence-corrected chi connectivity index (χ4v) is 3.91. The summed E-state index contributed by atoms with van der Waals surface area (Å²) in [6.45, 7) is 13.3. The lowest BCUT2D eigenvalue weighted by molar-refractivity contribution is 0.293. The van der Waals surface area contributed by atoms with Crippen LogP contribution >= 0.6 is 0 Å². The third-order valence-corrected chi connectivity index (χ3v) is 10.8. The number of rotatable bonds is 7. The molecule has 1 aromatic rings. The molecule has 6 heteroatoms. The summed E-state index contributed by atoms with van der Waals surface area (Å²) in [4.78, 5) is 0. The molecule has 0 fully saturated rings. The molecule has 0 saturated heterocycles. The molecule has 1 atom stereocenters. The number of nitrogens with one attached hydrogen (secondary N) is 1. The third-order valence-electron chi connectivity index (χ3n) is 4.41. The zero-order valence-electron chi connectivity index (χ0n) is 14.5. The highest BCUT2D eigenvalue weighted by atomic mass is 32.2. The zero-order chi connectivity index (χ0) is 17.0. The van der Waals surface area contributed by atoms with Gasteiger partial charge in [0.15, 0.2) is 8.32 Å². The summed E-state index contributed by atoms with van der Waals surface area (Å²) in [7, 11) is -5.21. The Kier molecular flexibility index (Phi) is 6.38. The number of sulfonamides is 1. The van der Waals surface area contributed by atoms with Crippen molar-refractivity contribution in [1.82, 2.24) is 4.72 Å². The highest BCUT2D eigenvalue weighted by molar-refractivity contribution is 7.89. The second-order valence-electron chi connectivity index (χ2n) is 7.10. The molecular weight excluding hydrogens is 314 g/mol. The van der Waals surface area contributed by atoms with Gasteiger partial charge < -0.3 is 4.43 Å². The van der Waals surface area contributed by atoms with Crippen LogP contribution in [0.25, 0.3) is 0 Å². The maximum Gasteiger partial charge on any atom is 0.218 e. The van der Waals surface area contributed by atoms with Gasteiger partial charge in [0, 0.05) is 13.2 Å². The fourth-order valence-electron chi connectivity index (χ4n) is 1.73. The van der Waals surface area contributed by atoms with Gasteiger partial charge in [0.05, 0.1) is 5.25 Å². The van der Waals surface area contributed by atoms with Gasteiger partial charge in [-0.1, -0.05) is 51.1 Å². The van der Waals surface area contributed by atoms with E-state index in [1.165, 1.54) is 0 Å². The van der Waals surface area contributed by atoms with Crippen molar-refractivity contribution in [1.29, 1.82) is 0 Å². The second-order valence-corrected chi connectivity index (χ2v) is 14.0. The molecule has 4 nitrogen and oxygen atoms in total. The first kappa shape index (κ1) is 19.4. The summed E-state index contributed by atoms with van der Waals surface area (Å²) < 4.78 is 33.2. The molecule has 0 heterocycles. The highest BCUT2D eigenvalue weighted by Crippen LogP contribution is 2.36. The van der Waals surface area contributed by atoms with Crippen LogP contribution in [0.5, 0.6) is 0 Å².